The second-order valence-electron chi connectivity index (χ2n) is 3.83. The number of aromatic nitrogens is 2. The third-order valence-electron chi connectivity index (χ3n) is 2.43. The summed E-state index contributed by atoms with van der Waals surface area (Å²) in [5.74, 6) is -4.04. The van der Waals surface area contributed by atoms with E-state index >= 15 is 0 Å². The van der Waals surface area contributed by atoms with Gasteiger partial charge in [-0.15, -0.1) is 0 Å². The Morgan fingerprint density at radius 3 is 2.56 bits per heavy atom. The van der Waals surface area contributed by atoms with Crippen molar-refractivity contribution >= 4 is 11.6 Å². The monoisotopic (exact) mass is 287 g/mol. The lowest BCUT2D eigenvalue weighted by Gasteiger charge is -2.16. The van der Waals surface area contributed by atoms with E-state index in [-0.39, 0.29) is 6.54 Å². The predicted octanol–water partition coefficient (Wildman–Crippen LogP) is 2.85. The standard InChI is InChI=1S/C10H14ClF4N3/c1-3-18-7(8(11)6(2)17-18)4-16-5-10(14,15)9(12)13/h9,16H,3-5H2,1-2H3. The quantitative estimate of drug-likeness (QED) is 0.816. The topological polar surface area (TPSA) is 29.9 Å². The van der Waals surface area contributed by atoms with Crippen molar-refractivity contribution < 1.29 is 17.6 Å². The Kier molecular flexibility index (Phi) is 4.98. The Balaban J connectivity index is 2.64. The van der Waals surface area contributed by atoms with E-state index in [0.717, 1.165) is 0 Å². The minimum absolute atomic E-state index is 0.0319. The van der Waals surface area contributed by atoms with E-state index in [9.17, 15) is 17.6 Å². The highest BCUT2D eigenvalue weighted by Crippen LogP contribution is 2.23. The lowest BCUT2D eigenvalue weighted by Crippen LogP contribution is -2.38. The Morgan fingerprint density at radius 2 is 2.06 bits per heavy atom. The molecular formula is C10H14ClF4N3. The van der Waals surface area contributed by atoms with Gasteiger partial charge in [-0.1, -0.05) is 11.6 Å². The van der Waals surface area contributed by atoms with Gasteiger partial charge in [0.15, 0.2) is 0 Å². The molecular weight excluding hydrogens is 274 g/mol. The largest absolute Gasteiger partial charge is 0.319 e. The lowest BCUT2D eigenvalue weighted by molar-refractivity contribution is -0.125. The van der Waals surface area contributed by atoms with Gasteiger partial charge in [0.25, 0.3) is 0 Å². The molecule has 0 spiro atoms. The molecule has 1 rings (SSSR count). The van der Waals surface area contributed by atoms with Crippen LogP contribution in [0.2, 0.25) is 5.02 Å². The molecule has 0 saturated heterocycles. The molecule has 0 aliphatic rings. The van der Waals surface area contributed by atoms with Gasteiger partial charge in [0.05, 0.1) is 23.0 Å². The molecule has 1 aromatic heterocycles. The van der Waals surface area contributed by atoms with Gasteiger partial charge in [0, 0.05) is 13.1 Å². The molecule has 0 bridgehead atoms. The normalized spacial score (nSPS) is 12.4. The van der Waals surface area contributed by atoms with Crippen LogP contribution < -0.4 is 5.32 Å². The summed E-state index contributed by atoms with van der Waals surface area (Å²) in [6, 6.07) is 0. The van der Waals surface area contributed by atoms with Crippen molar-refractivity contribution in [1.29, 1.82) is 0 Å². The van der Waals surface area contributed by atoms with Crippen LogP contribution in [0.3, 0.4) is 0 Å². The van der Waals surface area contributed by atoms with Crippen LogP contribution in [0.1, 0.15) is 18.3 Å². The fraction of sp³-hybridized carbons (Fsp3) is 0.700. The Morgan fingerprint density at radius 1 is 1.44 bits per heavy atom. The molecule has 1 aromatic rings. The maximum atomic E-state index is 12.7. The van der Waals surface area contributed by atoms with Crippen LogP contribution in [0, 0.1) is 6.92 Å². The predicted molar refractivity (Wildman–Crippen MR) is 60.3 cm³/mol. The van der Waals surface area contributed by atoms with Crippen molar-refractivity contribution in [3.63, 3.8) is 0 Å². The molecule has 0 aliphatic carbocycles. The highest BCUT2D eigenvalue weighted by atomic mass is 35.5. The van der Waals surface area contributed by atoms with E-state index in [4.69, 9.17) is 11.6 Å². The van der Waals surface area contributed by atoms with Crippen molar-refractivity contribution in [2.24, 2.45) is 0 Å². The molecule has 3 nitrogen and oxygen atoms in total. The third-order valence-corrected chi connectivity index (χ3v) is 2.92. The van der Waals surface area contributed by atoms with Crippen LogP contribution in [-0.2, 0) is 13.1 Å². The molecule has 0 aromatic carbocycles. The highest BCUT2D eigenvalue weighted by molar-refractivity contribution is 6.31. The van der Waals surface area contributed by atoms with Crippen LogP contribution in [0.5, 0.6) is 0 Å². The van der Waals surface area contributed by atoms with Crippen molar-refractivity contribution in [3.8, 4) is 0 Å². The van der Waals surface area contributed by atoms with E-state index in [1.807, 2.05) is 6.92 Å². The van der Waals surface area contributed by atoms with Gasteiger partial charge in [0.1, 0.15) is 0 Å². The van der Waals surface area contributed by atoms with Crippen LogP contribution >= 0.6 is 11.6 Å². The van der Waals surface area contributed by atoms with E-state index in [2.05, 4.69) is 10.4 Å². The number of hydrogen-bond donors (Lipinski definition) is 1. The van der Waals surface area contributed by atoms with E-state index < -0.39 is 18.9 Å². The first-order valence-electron chi connectivity index (χ1n) is 5.38. The first-order chi connectivity index (χ1) is 8.29. The fourth-order valence-electron chi connectivity index (χ4n) is 1.46. The highest BCUT2D eigenvalue weighted by Gasteiger charge is 2.40. The van der Waals surface area contributed by atoms with Gasteiger partial charge >= 0.3 is 12.3 Å². The van der Waals surface area contributed by atoms with Crippen LogP contribution in [-0.4, -0.2) is 28.7 Å². The first-order valence-corrected chi connectivity index (χ1v) is 5.75. The summed E-state index contributed by atoms with van der Waals surface area (Å²) >= 11 is 5.95. The molecule has 0 aliphatic heterocycles. The molecule has 0 unspecified atom stereocenters. The van der Waals surface area contributed by atoms with Crippen molar-refractivity contribution in [3.05, 3.63) is 16.4 Å². The second-order valence-corrected chi connectivity index (χ2v) is 4.21. The smallest absolute Gasteiger partial charge is 0.305 e. The zero-order valence-corrected chi connectivity index (χ0v) is 10.7. The van der Waals surface area contributed by atoms with E-state index in [0.29, 0.717) is 23.0 Å². The van der Waals surface area contributed by atoms with Crippen molar-refractivity contribution in [2.75, 3.05) is 6.54 Å². The summed E-state index contributed by atoms with van der Waals surface area (Å²) in [6.07, 6.45) is -3.68. The van der Waals surface area contributed by atoms with E-state index in [1.54, 1.807) is 11.6 Å². The minimum Gasteiger partial charge on any atom is -0.305 e. The van der Waals surface area contributed by atoms with Crippen molar-refractivity contribution in [1.82, 2.24) is 15.1 Å². The minimum atomic E-state index is -4.04. The number of nitrogens with zero attached hydrogens (tertiary/aromatic N) is 2. The van der Waals surface area contributed by atoms with Crippen molar-refractivity contribution in [2.45, 2.75) is 39.3 Å². The van der Waals surface area contributed by atoms with Gasteiger partial charge in [-0.3, -0.25) is 4.68 Å². The molecule has 1 heterocycles. The Bertz CT molecular complexity index is 406. The number of hydrogen-bond acceptors (Lipinski definition) is 2. The lowest BCUT2D eigenvalue weighted by atomic mass is 10.3. The molecule has 0 saturated carbocycles. The maximum absolute atomic E-state index is 12.7. The van der Waals surface area contributed by atoms with E-state index in [1.165, 1.54) is 0 Å². The number of rotatable bonds is 6. The molecule has 1 N–H and O–H groups in total. The fourth-order valence-corrected chi connectivity index (χ4v) is 1.66. The summed E-state index contributed by atoms with van der Waals surface area (Å²) < 4.78 is 50.8. The van der Waals surface area contributed by atoms with Gasteiger partial charge in [0.2, 0.25) is 0 Å². The number of halogens is 5. The van der Waals surface area contributed by atoms with Gasteiger partial charge in [-0.25, -0.2) is 8.78 Å². The molecule has 0 fully saturated rings. The zero-order valence-electron chi connectivity index (χ0n) is 9.98. The maximum Gasteiger partial charge on any atom is 0.319 e. The summed E-state index contributed by atoms with van der Waals surface area (Å²) in [7, 11) is 0. The average Bonchev–Trinajstić information content (AvgIpc) is 2.56. The SMILES string of the molecule is CCn1nc(C)c(Cl)c1CNCC(F)(F)C(F)F. The summed E-state index contributed by atoms with van der Waals surface area (Å²) in [6.45, 7) is 2.90. The van der Waals surface area contributed by atoms with Gasteiger partial charge < -0.3 is 5.32 Å². The van der Waals surface area contributed by atoms with Gasteiger partial charge in [-0.2, -0.15) is 13.9 Å². The molecule has 104 valence electrons. The summed E-state index contributed by atoms with van der Waals surface area (Å²) in [5.41, 5.74) is 1.10. The molecule has 18 heavy (non-hydrogen) atoms. The molecule has 0 atom stereocenters. The Labute approximate surface area is 107 Å². The number of aryl methyl sites for hydroxylation is 2. The average molecular weight is 288 g/mol. The molecule has 0 amide bonds. The molecule has 8 heteroatoms. The third kappa shape index (κ3) is 3.35. The second kappa shape index (κ2) is 5.88. The first kappa shape index (κ1) is 15.2. The molecule has 0 radical (unpaired) electrons. The van der Waals surface area contributed by atoms with Crippen LogP contribution in [0.15, 0.2) is 0 Å². The number of alkyl halides is 4. The van der Waals surface area contributed by atoms with Gasteiger partial charge in [-0.05, 0) is 13.8 Å². The summed E-state index contributed by atoms with van der Waals surface area (Å²) in [5, 5.41) is 6.73. The number of nitrogens with one attached hydrogen (secondary N) is 1. The van der Waals surface area contributed by atoms with Crippen LogP contribution in [0.4, 0.5) is 17.6 Å². The Hall–Kier alpha value is -0.820. The van der Waals surface area contributed by atoms with Crippen LogP contribution in [0.25, 0.3) is 0 Å². The summed E-state index contributed by atoms with van der Waals surface area (Å²) in [4.78, 5) is 0. The zero-order chi connectivity index (χ0) is 13.9.